The Morgan fingerprint density at radius 3 is 2.15 bits per heavy atom. The molecule has 3 aromatic rings. The lowest BCUT2D eigenvalue weighted by molar-refractivity contribution is 0.208. The van der Waals surface area contributed by atoms with Gasteiger partial charge in [0.25, 0.3) is 0 Å². The highest BCUT2D eigenvalue weighted by Gasteiger charge is 2.22. The van der Waals surface area contributed by atoms with E-state index in [-0.39, 0.29) is 6.03 Å². The molecule has 1 aromatic heterocycles. The third-order valence-corrected chi connectivity index (χ3v) is 6.22. The number of nitrogens with one attached hydrogen (secondary N) is 1. The molecule has 2 heterocycles. The summed E-state index contributed by atoms with van der Waals surface area (Å²) < 4.78 is 0. The number of unbranched alkanes of at least 4 members (excludes halogenated alkanes) is 1. The molecule has 1 fully saturated rings. The van der Waals surface area contributed by atoms with E-state index in [0.29, 0.717) is 13.1 Å². The number of urea groups is 1. The van der Waals surface area contributed by atoms with Crippen LogP contribution in [0.1, 0.15) is 37.8 Å². The maximum Gasteiger partial charge on any atom is 0.321 e. The van der Waals surface area contributed by atoms with Crippen LogP contribution in [0.2, 0.25) is 0 Å². The zero-order valence-electron chi connectivity index (χ0n) is 19.6. The van der Waals surface area contributed by atoms with Crippen molar-refractivity contribution >= 4 is 17.5 Å². The average Bonchev–Trinajstić information content (AvgIpc) is 2.88. The molecule has 1 N–H and O–H groups in total. The molecule has 0 saturated carbocycles. The summed E-state index contributed by atoms with van der Waals surface area (Å²) in [5.41, 5.74) is 5.42. The third kappa shape index (κ3) is 5.89. The fourth-order valence-electron chi connectivity index (χ4n) is 4.04. The van der Waals surface area contributed by atoms with Crippen molar-refractivity contribution in [3.05, 3.63) is 71.8 Å². The van der Waals surface area contributed by atoms with E-state index in [1.165, 1.54) is 24.0 Å². The molecule has 1 aliphatic rings. The number of hydrogen-bond acceptors (Lipinski definition) is 4. The first kappa shape index (κ1) is 22.8. The van der Waals surface area contributed by atoms with Crippen LogP contribution in [0.15, 0.2) is 60.7 Å². The molecule has 0 aliphatic carbocycles. The Morgan fingerprint density at radius 1 is 0.848 bits per heavy atom. The van der Waals surface area contributed by atoms with Crippen LogP contribution in [-0.4, -0.2) is 47.3 Å². The molecule has 172 valence electrons. The Kier molecular flexibility index (Phi) is 7.55. The van der Waals surface area contributed by atoms with Crippen LogP contribution in [0.25, 0.3) is 11.3 Å². The lowest BCUT2D eigenvalue weighted by atomic mass is 10.1. The standard InChI is InChI=1S/C27H33N5O/c1-3-5-6-22-9-13-24(14-10-22)28-27(33)32-19-17-31(18-20-32)26-16-15-25(29-30-26)23-11-7-21(4-2)8-12-23/h7-16H,3-6,17-20H2,1-2H3,(H,28,33). The fraction of sp³-hybridized carbons (Fsp3) is 0.370. The quantitative estimate of drug-likeness (QED) is 0.531. The van der Waals surface area contributed by atoms with Gasteiger partial charge in [0.05, 0.1) is 5.69 Å². The molecule has 0 bridgehead atoms. The van der Waals surface area contributed by atoms with Crippen LogP contribution >= 0.6 is 0 Å². The number of aryl methyl sites for hydroxylation is 2. The zero-order valence-corrected chi connectivity index (χ0v) is 19.6. The topological polar surface area (TPSA) is 61.4 Å². The van der Waals surface area contributed by atoms with Crippen LogP contribution in [0.3, 0.4) is 0 Å². The van der Waals surface area contributed by atoms with Gasteiger partial charge in [-0.15, -0.1) is 10.2 Å². The summed E-state index contributed by atoms with van der Waals surface area (Å²) in [5.74, 6) is 0.853. The van der Waals surface area contributed by atoms with Gasteiger partial charge >= 0.3 is 6.03 Å². The number of piperazine rings is 1. The second-order valence-corrected chi connectivity index (χ2v) is 8.53. The Morgan fingerprint density at radius 2 is 1.55 bits per heavy atom. The molecule has 6 nitrogen and oxygen atoms in total. The predicted octanol–water partition coefficient (Wildman–Crippen LogP) is 5.40. The first-order valence-corrected chi connectivity index (χ1v) is 12.0. The zero-order chi connectivity index (χ0) is 23.0. The summed E-state index contributed by atoms with van der Waals surface area (Å²) in [6, 6.07) is 20.6. The Balaban J connectivity index is 1.28. The van der Waals surface area contributed by atoms with Gasteiger partial charge in [0.1, 0.15) is 0 Å². The Hall–Kier alpha value is -3.41. The molecule has 2 aromatic carbocycles. The first-order chi connectivity index (χ1) is 16.2. The van der Waals surface area contributed by atoms with Crippen LogP contribution < -0.4 is 10.2 Å². The minimum Gasteiger partial charge on any atom is -0.352 e. The van der Waals surface area contributed by atoms with E-state index in [4.69, 9.17) is 0 Å². The second kappa shape index (κ2) is 10.9. The second-order valence-electron chi connectivity index (χ2n) is 8.53. The Labute approximate surface area is 196 Å². The monoisotopic (exact) mass is 443 g/mol. The van der Waals surface area contributed by atoms with E-state index in [0.717, 1.165) is 48.7 Å². The summed E-state index contributed by atoms with van der Waals surface area (Å²) >= 11 is 0. The molecule has 0 spiro atoms. The molecule has 0 atom stereocenters. The molecule has 1 aliphatic heterocycles. The van der Waals surface area contributed by atoms with Crippen molar-refractivity contribution in [2.75, 3.05) is 36.4 Å². The largest absolute Gasteiger partial charge is 0.352 e. The van der Waals surface area contributed by atoms with E-state index in [1.54, 1.807) is 0 Å². The van der Waals surface area contributed by atoms with Crippen LogP contribution in [0, 0.1) is 0 Å². The number of aromatic nitrogens is 2. The van der Waals surface area contributed by atoms with Crippen molar-refractivity contribution in [1.82, 2.24) is 15.1 Å². The van der Waals surface area contributed by atoms with Crippen LogP contribution in [-0.2, 0) is 12.8 Å². The van der Waals surface area contributed by atoms with Crippen LogP contribution in [0.4, 0.5) is 16.3 Å². The van der Waals surface area contributed by atoms with E-state index >= 15 is 0 Å². The van der Waals surface area contributed by atoms with Crippen molar-refractivity contribution in [3.8, 4) is 11.3 Å². The highest BCUT2D eigenvalue weighted by Crippen LogP contribution is 2.20. The molecule has 0 unspecified atom stereocenters. The number of carbonyl (C=O) groups excluding carboxylic acids is 1. The summed E-state index contributed by atoms with van der Waals surface area (Å²) in [5, 5.41) is 11.9. The minimum atomic E-state index is -0.0482. The van der Waals surface area contributed by atoms with Crippen molar-refractivity contribution in [2.45, 2.75) is 39.5 Å². The van der Waals surface area contributed by atoms with E-state index in [9.17, 15) is 4.79 Å². The van der Waals surface area contributed by atoms with Gasteiger partial charge in [0, 0.05) is 37.4 Å². The molecule has 6 heteroatoms. The summed E-state index contributed by atoms with van der Waals surface area (Å²) in [4.78, 5) is 16.7. The van der Waals surface area contributed by atoms with Crippen molar-refractivity contribution in [2.24, 2.45) is 0 Å². The lowest BCUT2D eigenvalue weighted by Crippen LogP contribution is -2.50. The first-order valence-electron chi connectivity index (χ1n) is 12.0. The maximum atomic E-state index is 12.7. The van der Waals surface area contributed by atoms with E-state index in [2.05, 4.69) is 70.7 Å². The smallest absolute Gasteiger partial charge is 0.321 e. The molecule has 0 radical (unpaired) electrons. The van der Waals surface area contributed by atoms with Gasteiger partial charge in [-0.3, -0.25) is 0 Å². The van der Waals surface area contributed by atoms with Crippen molar-refractivity contribution in [3.63, 3.8) is 0 Å². The molecular weight excluding hydrogens is 410 g/mol. The molecular formula is C27H33N5O. The predicted molar refractivity (Wildman–Crippen MR) is 135 cm³/mol. The van der Waals surface area contributed by atoms with Gasteiger partial charge in [-0.1, -0.05) is 56.7 Å². The van der Waals surface area contributed by atoms with Gasteiger partial charge in [-0.2, -0.15) is 0 Å². The van der Waals surface area contributed by atoms with Gasteiger partial charge in [0.15, 0.2) is 5.82 Å². The molecule has 1 saturated heterocycles. The van der Waals surface area contributed by atoms with Gasteiger partial charge in [-0.25, -0.2) is 4.79 Å². The van der Waals surface area contributed by atoms with Crippen molar-refractivity contribution in [1.29, 1.82) is 0 Å². The van der Waals surface area contributed by atoms with Gasteiger partial charge in [0.2, 0.25) is 0 Å². The SMILES string of the molecule is CCCCc1ccc(NC(=O)N2CCN(c3ccc(-c4ccc(CC)cc4)nn3)CC2)cc1. The number of benzene rings is 2. The third-order valence-electron chi connectivity index (χ3n) is 6.22. The fourth-order valence-corrected chi connectivity index (χ4v) is 4.04. The van der Waals surface area contributed by atoms with Gasteiger partial charge < -0.3 is 15.1 Å². The maximum absolute atomic E-state index is 12.7. The summed E-state index contributed by atoms with van der Waals surface area (Å²) in [6.07, 6.45) is 4.49. The summed E-state index contributed by atoms with van der Waals surface area (Å²) in [6.45, 7) is 7.14. The summed E-state index contributed by atoms with van der Waals surface area (Å²) in [7, 11) is 0. The van der Waals surface area contributed by atoms with E-state index in [1.807, 2.05) is 29.2 Å². The number of nitrogens with zero attached hydrogens (tertiary/aromatic N) is 4. The molecule has 33 heavy (non-hydrogen) atoms. The highest BCUT2D eigenvalue weighted by atomic mass is 16.2. The Bertz CT molecular complexity index is 1020. The van der Waals surface area contributed by atoms with Crippen LogP contribution in [0.5, 0.6) is 0 Å². The highest BCUT2D eigenvalue weighted by molar-refractivity contribution is 5.89. The van der Waals surface area contributed by atoms with E-state index < -0.39 is 0 Å². The lowest BCUT2D eigenvalue weighted by Gasteiger charge is -2.35. The number of hydrogen-bond donors (Lipinski definition) is 1. The normalized spacial score (nSPS) is 13.8. The molecule has 4 rings (SSSR count). The molecule has 2 amide bonds. The number of rotatable bonds is 7. The number of anilines is 2. The van der Waals surface area contributed by atoms with Gasteiger partial charge in [-0.05, 0) is 54.7 Å². The van der Waals surface area contributed by atoms with Crippen molar-refractivity contribution < 1.29 is 4.79 Å². The number of amides is 2. The average molecular weight is 444 g/mol. The number of carbonyl (C=O) groups is 1. The minimum absolute atomic E-state index is 0.0482.